The summed E-state index contributed by atoms with van der Waals surface area (Å²) in [6.07, 6.45) is 7.08. The van der Waals surface area contributed by atoms with E-state index in [4.69, 9.17) is 4.74 Å². The fourth-order valence-electron chi connectivity index (χ4n) is 3.42. The van der Waals surface area contributed by atoms with Gasteiger partial charge in [-0.05, 0) is 47.5 Å². The molecule has 1 N–H and O–H groups in total. The van der Waals surface area contributed by atoms with Crippen molar-refractivity contribution >= 4 is 39.1 Å². The van der Waals surface area contributed by atoms with Gasteiger partial charge in [-0.3, -0.25) is 9.48 Å². The van der Waals surface area contributed by atoms with E-state index in [0.717, 1.165) is 15.7 Å². The van der Waals surface area contributed by atoms with Crippen LogP contribution in [-0.4, -0.2) is 42.9 Å². The molecule has 1 amide bonds. The van der Waals surface area contributed by atoms with Gasteiger partial charge in [-0.1, -0.05) is 19.1 Å². The first-order valence-corrected chi connectivity index (χ1v) is 10.9. The van der Waals surface area contributed by atoms with Crippen LogP contribution in [0.4, 0.5) is 5.69 Å². The minimum atomic E-state index is -0.468. The lowest BCUT2D eigenvalue weighted by atomic mass is 10.1. The molecule has 3 aromatic heterocycles. The third-order valence-electron chi connectivity index (χ3n) is 4.90. The highest BCUT2D eigenvalue weighted by molar-refractivity contribution is 9.10. The number of fused-ring (bicyclic) bond motifs is 1. The highest BCUT2D eigenvalue weighted by Crippen LogP contribution is 2.25. The van der Waals surface area contributed by atoms with Gasteiger partial charge >= 0.3 is 5.97 Å². The van der Waals surface area contributed by atoms with E-state index in [1.807, 2.05) is 31.2 Å². The second kappa shape index (κ2) is 9.31. The molecular formula is C22H21BrN6O3. The van der Waals surface area contributed by atoms with E-state index < -0.39 is 12.0 Å². The Morgan fingerprint density at radius 2 is 2.03 bits per heavy atom. The number of anilines is 1. The molecule has 1 atom stereocenters. The predicted octanol–water partition coefficient (Wildman–Crippen LogP) is 4.12. The van der Waals surface area contributed by atoms with Crippen LogP contribution in [0.1, 0.15) is 36.7 Å². The Hall–Kier alpha value is -3.53. The number of hydrogen-bond donors (Lipinski definition) is 1. The highest BCUT2D eigenvalue weighted by atomic mass is 79.9. The number of rotatable bonds is 7. The molecule has 164 valence electrons. The van der Waals surface area contributed by atoms with E-state index in [1.165, 1.54) is 6.20 Å². The van der Waals surface area contributed by atoms with Crippen LogP contribution in [0.15, 0.2) is 59.6 Å². The van der Waals surface area contributed by atoms with Gasteiger partial charge in [-0.25, -0.2) is 14.3 Å². The standard InChI is InChI=1S/C22H21BrN6O3/c1-3-18(28-13-15(23)11-25-28)21(30)27-16-7-5-6-14(10-16)19-8-9-24-20-17(12-26-29(19)20)22(31)32-4-2/h5-13,18H,3-4H2,1-2H3,(H,27,30). The maximum absolute atomic E-state index is 12.9. The van der Waals surface area contributed by atoms with Gasteiger partial charge in [0.25, 0.3) is 0 Å². The van der Waals surface area contributed by atoms with Crippen LogP contribution in [0, 0.1) is 0 Å². The zero-order chi connectivity index (χ0) is 22.7. The van der Waals surface area contributed by atoms with Crippen molar-refractivity contribution in [3.63, 3.8) is 0 Å². The Balaban J connectivity index is 1.63. The number of carbonyl (C=O) groups excluding carboxylic acids is 2. The molecule has 4 rings (SSSR count). The molecule has 0 aliphatic heterocycles. The first kappa shape index (κ1) is 21.7. The smallest absolute Gasteiger partial charge is 0.343 e. The van der Waals surface area contributed by atoms with E-state index in [1.54, 1.807) is 40.8 Å². The SMILES string of the molecule is CCOC(=O)c1cnn2c(-c3cccc(NC(=O)C(CC)n4cc(Br)cn4)c3)ccnc12. The van der Waals surface area contributed by atoms with E-state index in [9.17, 15) is 9.59 Å². The number of carbonyl (C=O) groups is 2. The molecule has 10 heteroatoms. The van der Waals surface area contributed by atoms with Crippen LogP contribution in [0.2, 0.25) is 0 Å². The van der Waals surface area contributed by atoms with Crippen LogP contribution in [0.5, 0.6) is 0 Å². The molecule has 0 saturated heterocycles. The van der Waals surface area contributed by atoms with Crippen LogP contribution in [0.25, 0.3) is 16.9 Å². The van der Waals surface area contributed by atoms with Crippen LogP contribution in [0.3, 0.4) is 0 Å². The van der Waals surface area contributed by atoms with E-state index in [0.29, 0.717) is 23.3 Å². The molecule has 3 heterocycles. The van der Waals surface area contributed by atoms with Crippen LogP contribution < -0.4 is 5.32 Å². The first-order chi connectivity index (χ1) is 15.5. The summed E-state index contributed by atoms with van der Waals surface area (Å²) in [4.78, 5) is 29.4. The molecule has 0 saturated carbocycles. The number of hydrogen-bond acceptors (Lipinski definition) is 6. The van der Waals surface area contributed by atoms with Crippen molar-refractivity contribution in [3.05, 3.63) is 65.2 Å². The van der Waals surface area contributed by atoms with Gasteiger partial charge in [0.05, 0.1) is 29.2 Å². The van der Waals surface area contributed by atoms with Crippen LogP contribution >= 0.6 is 15.9 Å². The summed E-state index contributed by atoms with van der Waals surface area (Å²) in [6, 6.07) is 8.78. The molecule has 0 spiro atoms. The minimum Gasteiger partial charge on any atom is -0.462 e. The molecule has 0 bridgehead atoms. The predicted molar refractivity (Wildman–Crippen MR) is 122 cm³/mol. The van der Waals surface area contributed by atoms with Crippen molar-refractivity contribution < 1.29 is 14.3 Å². The lowest BCUT2D eigenvalue weighted by molar-refractivity contribution is -0.119. The molecule has 32 heavy (non-hydrogen) atoms. The average Bonchev–Trinajstić information content (AvgIpc) is 3.41. The fraction of sp³-hybridized carbons (Fsp3) is 0.227. The summed E-state index contributed by atoms with van der Waals surface area (Å²) in [6.45, 7) is 3.95. The molecule has 4 aromatic rings. The summed E-state index contributed by atoms with van der Waals surface area (Å²) < 4.78 is 9.12. The number of benzene rings is 1. The Kier molecular flexibility index (Phi) is 6.31. The van der Waals surface area contributed by atoms with Gasteiger partial charge in [0, 0.05) is 23.6 Å². The number of nitrogens with zero attached hydrogens (tertiary/aromatic N) is 5. The van der Waals surface area contributed by atoms with Gasteiger partial charge in [-0.15, -0.1) is 0 Å². The minimum absolute atomic E-state index is 0.163. The quantitative estimate of drug-likeness (QED) is 0.386. The lowest BCUT2D eigenvalue weighted by Crippen LogP contribution is -2.25. The number of aromatic nitrogens is 5. The average molecular weight is 497 g/mol. The van der Waals surface area contributed by atoms with Crippen molar-refractivity contribution in [2.24, 2.45) is 0 Å². The summed E-state index contributed by atoms with van der Waals surface area (Å²) >= 11 is 3.36. The third kappa shape index (κ3) is 4.26. The molecule has 0 aliphatic rings. The molecular weight excluding hydrogens is 476 g/mol. The van der Waals surface area contributed by atoms with Gasteiger partial charge in [0.2, 0.25) is 5.91 Å². The summed E-state index contributed by atoms with van der Waals surface area (Å²) in [5, 5.41) is 11.5. The Morgan fingerprint density at radius 3 is 2.75 bits per heavy atom. The first-order valence-electron chi connectivity index (χ1n) is 10.1. The largest absolute Gasteiger partial charge is 0.462 e. The number of amides is 1. The van der Waals surface area contributed by atoms with Gasteiger partial charge < -0.3 is 10.1 Å². The molecule has 0 radical (unpaired) electrons. The van der Waals surface area contributed by atoms with Gasteiger partial charge in [-0.2, -0.15) is 10.2 Å². The van der Waals surface area contributed by atoms with E-state index >= 15 is 0 Å². The number of halogens is 1. The van der Waals surface area contributed by atoms with Crippen molar-refractivity contribution in [2.75, 3.05) is 11.9 Å². The van der Waals surface area contributed by atoms with Crippen molar-refractivity contribution in [1.82, 2.24) is 24.4 Å². The monoisotopic (exact) mass is 496 g/mol. The fourth-order valence-corrected chi connectivity index (χ4v) is 3.72. The zero-order valence-electron chi connectivity index (χ0n) is 17.5. The summed E-state index contributed by atoms with van der Waals surface area (Å²) in [5.74, 6) is -0.632. The Labute approximate surface area is 192 Å². The highest BCUT2D eigenvalue weighted by Gasteiger charge is 2.20. The molecule has 1 unspecified atom stereocenters. The second-order valence-electron chi connectivity index (χ2n) is 6.98. The van der Waals surface area contributed by atoms with Crippen molar-refractivity contribution in [2.45, 2.75) is 26.3 Å². The van der Waals surface area contributed by atoms with Gasteiger partial charge in [0.1, 0.15) is 11.6 Å². The Bertz CT molecular complexity index is 1280. The molecule has 9 nitrogen and oxygen atoms in total. The number of ether oxygens (including phenoxy) is 1. The molecule has 0 aliphatic carbocycles. The zero-order valence-corrected chi connectivity index (χ0v) is 19.1. The second-order valence-corrected chi connectivity index (χ2v) is 7.89. The maximum Gasteiger partial charge on any atom is 0.343 e. The Morgan fingerprint density at radius 1 is 1.19 bits per heavy atom. The normalized spacial score (nSPS) is 12.0. The van der Waals surface area contributed by atoms with Crippen molar-refractivity contribution in [3.8, 4) is 11.3 Å². The van der Waals surface area contributed by atoms with Gasteiger partial charge in [0.15, 0.2) is 5.65 Å². The number of nitrogens with one attached hydrogen (secondary N) is 1. The van der Waals surface area contributed by atoms with Crippen LogP contribution in [-0.2, 0) is 9.53 Å². The maximum atomic E-state index is 12.9. The topological polar surface area (TPSA) is 103 Å². The number of esters is 1. The molecule has 1 aromatic carbocycles. The van der Waals surface area contributed by atoms with Crippen molar-refractivity contribution in [1.29, 1.82) is 0 Å². The summed E-state index contributed by atoms with van der Waals surface area (Å²) in [5.41, 5.74) is 2.88. The van der Waals surface area contributed by atoms with E-state index in [-0.39, 0.29) is 12.5 Å². The summed E-state index contributed by atoms with van der Waals surface area (Å²) in [7, 11) is 0. The molecule has 0 fully saturated rings. The van der Waals surface area contributed by atoms with E-state index in [2.05, 4.69) is 36.4 Å². The third-order valence-corrected chi connectivity index (χ3v) is 5.31. The lowest BCUT2D eigenvalue weighted by Gasteiger charge is -2.16.